The highest BCUT2D eigenvalue weighted by Gasteiger charge is 2.27. The van der Waals surface area contributed by atoms with Crippen LogP contribution in [0.1, 0.15) is 52.4 Å². The smallest absolute Gasteiger partial charge is 0.164 e. The third kappa shape index (κ3) is 3.09. The highest BCUT2D eigenvalue weighted by atomic mass is 16.3. The molecule has 1 unspecified atom stereocenters. The summed E-state index contributed by atoms with van der Waals surface area (Å²) in [5.74, 6) is 0.280. The van der Waals surface area contributed by atoms with Crippen molar-refractivity contribution >= 4 is 5.78 Å². The number of hydrogen-bond donors (Lipinski definition) is 1. The molecule has 0 heterocycles. The number of carbonyl (C=O) groups is 1. The molecule has 1 saturated carbocycles. The van der Waals surface area contributed by atoms with Gasteiger partial charge in [-0.3, -0.25) is 4.79 Å². The van der Waals surface area contributed by atoms with Crippen molar-refractivity contribution in [2.24, 2.45) is 11.8 Å². The van der Waals surface area contributed by atoms with E-state index in [9.17, 15) is 9.90 Å². The van der Waals surface area contributed by atoms with E-state index in [0.29, 0.717) is 0 Å². The Labute approximate surface area is 86.7 Å². The van der Waals surface area contributed by atoms with Crippen LogP contribution >= 0.6 is 0 Å². The first-order chi connectivity index (χ1) is 6.63. The van der Waals surface area contributed by atoms with Gasteiger partial charge in [0.1, 0.15) is 6.10 Å². The van der Waals surface area contributed by atoms with Gasteiger partial charge in [0.05, 0.1) is 0 Å². The number of ketones is 1. The zero-order valence-corrected chi connectivity index (χ0v) is 9.33. The highest BCUT2D eigenvalue weighted by Crippen LogP contribution is 2.25. The molecule has 0 aromatic rings. The molecule has 2 heteroatoms. The Kier molecular flexibility index (Phi) is 4.59. The minimum absolute atomic E-state index is 0.0609. The Balaban J connectivity index is 2.49. The maximum Gasteiger partial charge on any atom is 0.164 e. The number of hydrogen-bond acceptors (Lipinski definition) is 2. The van der Waals surface area contributed by atoms with Crippen LogP contribution in [0, 0.1) is 11.8 Å². The normalized spacial score (nSPS) is 22.0. The average Bonchev–Trinajstić information content (AvgIpc) is 2.43. The van der Waals surface area contributed by atoms with Gasteiger partial charge in [0.15, 0.2) is 5.78 Å². The maximum atomic E-state index is 11.8. The molecule has 1 atom stereocenters. The summed E-state index contributed by atoms with van der Waals surface area (Å²) in [5, 5.41) is 9.69. The van der Waals surface area contributed by atoms with Crippen molar-refractivity contribution in [1.29, 1.82) is 0 Å². The number of rotatable bonds is 3. The molecular formula is C12H22O2. The lowest BCUT2D eigenvalue weighted by Crippen LogP contribution is -2.32. The Morgan fingerprint density at radius 3 is 2.07 bits per heavy atom. The van der Waals surface area contributed by atoms with E-state index < -0.39 is 6.10 Å². The SMILES string of the molecule is CC(C)C(O)C(=O)C1CCCCCC1. The van der Waals surface area contributed by atoms with Crippen molar-refractivity contribution in [3.8, 4) is 0 Å². The van der Waals surface area contributed by atoms with E-state index >= 15 is 0 Å². The monoisotopic (exact) mass is 198 g/mol. The highest BCUT2D eigenvalue weighted by molar-refractivity contribution is 5.85. The van der Waals surface area contributed by atoms with Crippen LogP contribution in [0.25, 0.3) is 0 Å². The van der Waals surface area contributed by atoms with Crippen molar-refractivity contribution in [3.63, 3.8) is 0 Å². The topological polar surface area (TPSA) is 37.3 Å². The van der Waals surface area contributed by atoms with Crippen LogP contribution in [0.5, 0.6) is 0 Å². The summed E-state index contributed by atoms with van der Waals surface area (Å²) >= 11 is 0. The summed E-state index contributed by atoms with van der Waals surface area (Å²) in [6.07, 6.45) is 6.05. The summed E-state index contributed by atoms with van der Waals surface area (Å²) in [7, 11) is 0. The van der Waals surface area contributed by atoms with Crippen LogP contribution < -0.4 is 0 Å². The van der Waals surface area contributed by atoms with Crippen LogP contribution in [0.3, 0.4) is 0 Å². The Morgan fingerprint density at radius 2 is 1.64 bits per heavy atom. The molecule has 82 valence electrons. The molecule has 1 rings (SSSR count). The number of Topliss-reactive ketones (excluding diaryl/α,β-unsaturated/α-hetero) is 1. The lowest BCUT2D eigenvalue weighted by atomic mass is 9.88. The summed E-state index contributed by atoms with van der Waals surface area (Å²) in [4.78, 5) is 11.8. The van der Waals surface area contributed by atoms with E-state index in [0.717, 1.165) is 25.7 Å². The van der Waals surface area contributed by atoms with Crippen molar-refractivity contribution in [2.45, 2.75) is 58.5 Å². The molecular weight excluding hydrogens is 176 g/mol. The van der Waals surface area contributed by atoms with Gasteiger partial charge in [-0.25, -0.2) is 0 Å². The van der Waals surface area contributed by atoms with Gasteiger partial charge in [-0.05, 0) is 18.8 Å². The molecule has 0 radical (unpaired) electrons. The van der Waals surface area contributed by atoms with E-state index in [-0.39, 0.29) is 17.6 Å². The molecule has 0 aromatic heterocycles. The summed E-state index contributed by atoms with van der Waals surface area (Å²) < 4.78 is 0. The molecule has 0 saturated heterocycles. The fraction of sp³-hybridized carbons (Fsp3) is 0.917. The predicted molar refractivity (Wildman–Crippen MR) is 57.0 cm³/mol. The lowest BCUT2D eigenvalue weighted by molar-refractivity contribution is -0.133. The standard InChI is InChI=1S/C12H22O2/c1-9(2)11(13)12(14)10-7-5-3-4-6-8-10/h9-11,13H,3-8H2,1-2H3. The molecule has 0 aliphatic heterocycles. The minimum atomic E-state index is -0.738. The van der Waals surface area contributed by atoms with Crippen molar-refractivity contribution < 1.29 is 9.90 Å². The van der Waals surface area contributed by atoms with Gasteiger partial charge in [0.2, 0.25) is 0 Å². The molecule has 0 bridgehead atoms. The maximum absolute atomic E-state index is 11.8. The van der Waals surface area contributed by atoms with Crippen molar-refractivity contribution in [2.75, 3.05) is 0 Å². The molecule has 0 aromatic carbocycles. The predicted octanol–water partition coefficient (Wildman–Crippen LogP) is 2.54. The molecule has 0 amide bonds. The van der Waals surface area contributed by atoms with E-state index in [1.54, 1.807) is 0 Å². The van der Waals surface area contributed by atoms with E-state index in [2.05, 4.69) is 0 Å². The van der Waals surface area contributed by atoms with E-state index in [1.165, 1.54) is 12.8 Å². The number of aliphatic hydroxyl groups excluding tert-OH is 1. The minimum Gasteiger partial charge on any atom is -0.385 e. The van der Waals surface area contributed by atoms with Gasteiger partial charge in [-0.15, -0.1) is 0 Å². The molecule has 2 nitrogen and oxygen atoms in total. The molecule has 1 N–H and O–H groups in total. The van der Waals surface area contributed by atoms with Gasteiger partial charge < -0.3 is 5.11 Å². The third-order valence-electron chi connectivity index (χ3n) is 3.18. The second-order valence-electron chi connectivity index (χ2n) is 4.78. The zero-order valence-electron chi connectivity index (χ0n) is 9.33. The van der Waals surface area contributed by atoms with Gasteiger partial charge in [-0.2, -0.15) is 0 Å². The summed E-state index contributed by atoms with van der Waals surface area (Å²) in [6, 6.07) is 0. The molecule has 1 fully saturated rings. The van der Waals surface area contributed by atoms with Gasteiger partial charge in [-0.1, -0.05) is 39.5 Å². The van der Waals surface area contributed by atoms with Crippen molar-refractivity contribution in [1.82, 2.24) is 0 Å². The third-order valence-corrected chi connectivity index (χ3v) is 3.18. The van der Waals surface area contributed by atoms with Gasteiger partial charge in [0.25, 0.3) is 0 Å². The Hall–Kier alpha value is -0.370. The van der Waals surface area contributed by atoms with Gasteiger partial charge >= 0.3 is 0 Å². The Bertz CT molecular complexity index is 179. The first-order valence-corrected chi connectivity index (χ1v) is 5.84. The van der Waals surface area contributed by atoms with Crippen LogP contribution in [0.2, 0.25) is 0 Å². The molecule has 1 aliphatic rings. The van der Waals surface area contributed by atoms with Crippen LogP contribution in [0.15, 0.2) is 0 Å². The van der Waals surface area contributed by atoms with Crippen LogP contribution in [-0.4, -0.2) is 17.0 Å². The fourth-order valence-electron chi connectivity index (χ4n) is 2.13. The van der Waals surface area contributed by atoms with Crippen LogP contribution in [-0.2, 0) is 4.79 Å². The second kappa shape index (κ2) is 5.50. The van der Waals surface area contributed by atoms with E-state index in [1.807, 2.05) is 13.8 Å². The zero-order chi connectivity index (χ0) is 10.6. The lowest BCUT2D eigenvalue weighted by Gasteiger charge is -2.19. The Morgan fingerprint density at radius 1 is 1.14 bits per heavy atom. The summed E-state index contributed by atoms with van der Waals surface area (Å²) in [5.41, 5.74) is 0. The fourth-order valence-corrected chi connectivity index (χ4v) is 2.13. The number of aliphatic hydroxyl groups is 1. The van der Waals surface area contributed by atoms with Crippen molar-refractivity contribution in [3.05, 3.63) is 0 Å². The van der Waals surface area contributed by atoms with Gasteiger partial charge in [0, 0.05) is 5.92 Å². The molecule has 1 aliphatic carbocycles. The molecule has 14 heavy (non-hydrogen) atoms. The first kappa shape index (κ1) is 11.7. The summed E-state index contributed by atoms with van der Waals surface area (Å²) in [6.45, 7) is 3.80. The number of carbonyl (C=O) groups excluding carboxylic acids is 1. The molecule has 0 spiro atoms. The quantitative estimate of drug-likeness (QED) is 0.708. The average molecular weight is 198 g/mol. The second-order valence-corrected chi connectivity index (χ2v) is 4.78. The largest absolute Gasteiger partial charge is 0.385 e. The van der Waals surface area contributed by atoms with E-state index in [4.69, 9.17) is 0 Å². The van der Waals surface area contributed by atoms with Crippen LogP contribution in [0.4, 0.5) is 0 Å². The first-order valence-electron chi connectivity index (χ1n) is 5.84.